The number of piperazine rings is 1. The number of benzene rings is 1. The predicted molar refractivity (Wildman–Crippen MR) is 76.1 cm³/mol. The first kappa shape index (κ1) is 13.3. The molecule has 3 nitrogen and oxygen atoms in total. The first-order chi connectivity index (χ1) is 9.75. The van der Waals surface area contributed by atoms with Crippen molar-refractivity contribution < 1.29 is 8.81 Å². The molecule has 0 amide bonds. The summed E-state index contributed by atoms with van der Waals surface area (Å²) in [5.74, 6) is 0.639. The molecule has 1 saturated heterocycles. The Morgan fingerprint density at radius 2 is 2.05 bits per heavy atom. The SMILES string of the molecule is Cc1ccc([C@H](c2ccco2)N2CCNCC2)c(F)c1. The van der Waals surface area contributed by atoms with Gasteiger partial charge in [0.2, 0.25) is 0 Å². The Bertz CT molecular complexity index is 562. The fourth-order valence-electron chi connectivity index (χ4n) is 2.77. The zero-order valence-corrected chi connectivity index (χ0v) is 11.6. The highest BCUT2D eigenvalue weighted by molar-refractivity contribution is 5.31. The van der Waals surface area contributed by atoms with Crippen LogP contribution in [0.5, 0.6) is 0 Å². The van der Waals surface area contributed by atoms with Crippen molar-refractivity contribution in [2.75, 3.05) is 26.2 Å². The van der Waals surface area contributed by atoms with Crippen molar-refractivity contribution in [1.29, 1.82) is 0 Å². The second-order valence-corrected chi connectivity index (χ2v) is 5.23. The molecule has 20 heavy (non-hydrogen) atoms. The lowest BCUT2D eigenvalue weighted by molar-refractivity contribution is 0.177. The van der Waals surface area contributed by atoms with E-state index in [4.69, 9.17) is 4.42 Å². The van der Waals surface area contributed by atoms with Crippen LogP contribution in [-0.2, 0) is 0 Å². The number of hydrogen-bond acceptors (Lipinski definition) is 3. The number of nitrogens with one attached hydrogen (secondary N) is 1. The topological polar surface area (TPSA) is 28.4 Å². The highest BCUT2D eigenvalue weighted by Crippen LogP contribution is 2.31. The Balaban J connectivity index is 2.00. The van der Waals surface area contributed by atoms with E-state index in [1.165, 1.54) is 0 Å². The number of nitrogens with zero attached hydrogens (tertiary/aromatic N) is 1. The molecule has 1 aliphatic rings. The maximum Gasteiger partial charge on any atom is 0.128 e. The molecule has 0 radical (unpaired) electrons. The maximum atomic E-state index is 14.4. The van der Waals surface area contributed by atoms with Gasteiger partial charge in [-0.1, -0.05) is 12.1 Å². The van der Waals surface area contributed by atoms with Crippen LogP contribution in [0.4, 0.5) is 4.39 Å². The average molecular weight is 274 g/mol. The summed E-state index contributed by atoms with van der Waals surface area (Å²) in [6, 6.07) is 9.06. The molecule has 1 aromatic carbocycles. The van der Waals surface area contributed by atoms with E-state index >= 15 is 0 Å². The molecule has 1 atom stereocenters. The molecule has 0 unspecified atom stereocenters. The van der Waals surface area contributed by atoms with E-state index in [1.54, 1.807) is 12.3 Å². The van der Waals surface area contributed by atoms with E-state index in [9.17, 15) is 4.39 Å². The quantitative estimate of drug-likeness (QED) is 0.933. The van der Waals surface area contributed by atoms with E-state index in [-0.39, 0.29) is 11.9 Å². The van der Waals surface area contributed by atoms with Crippen molar-refractivity contribution in [2.24, 2.45) is 0 Å². The van der Waals surface area contributed by atoms with Crippen molar-refractivity contribution >= 4 is 0 Å². The summed E-state index contributed by atoms with van der Waals surface area (Å²) in [6.07, 6.45) is 1.65. The number of rotatable bonds is 3. The Hall–Kier alpha value is -1.65. The Morgan fingerprint density at radius 1 is 1.25 bits per heavy atom. The summed E-state index contributed by atoms with van der Waals surface area (Å²) in [7, 11) is 0. The number of halogens is 1. The van der Waals surface area contributed by atoms with Crippen LogP contribution in [0.15, 0.2) is 41.0 Å². The van der Waals surface area contributed by atoms with Gasteiger partial charge < -0.3 is 9.73 Å². The summed E-state index contributed by atoms with van der Waals surface area (Å²) in [5.41, 5.74) is 1.62. The summed E-state index contributed by atoms with van der Waals surface area (Å²) < 4.78 is 19.9. The Morgan fingerprint density at radius 3 is 2.70 bits per heavy atom. The normalized spacial score (nSPS) is 18.1. The molecule has 1 fully saturated rings. The lowest BCUT2D eigenvalue weighted by Crippen LogP contribution is -2.45. The lowest BCUT2D eigenvalue weighted by atomic mass is 10.00. The van der Waals surface area contributed by atoms with Gasteiger partial charge in [0, 0.05) is 31.7 Å². The molecule has 4 heteroatoms. The second-order valence-electron chi connectivity index (χ2n) is 5.23. The first-order valence-electron chi connectivity index (χ1n) is 7.00. The smallest absolute Gasteiger partial charge is 0.128 e. The van der Waals surface area contributed by atoms with Gasteiger partial charge in [0.25, 0.3) is 0 Å². The zero-order chi connectivity index (χ0) is 13.9. The van der Waals surface area contributed by atoms with Gasteiger partial charge in [-0.3, -0.25) is 4.90 Å². The minimum atomic E-state index is -0.162. The first-order valence-corrected chi connectivity index (χ1v) is 7.00. The molecular formula is C16H19FN2O. The monoisotopic (exact) mass is 274 g/mol. The Labute approximate surface area is 118 Å². The lowest BCUT2D eigenvalue weighted by Gasteiger charge is -2.34. The van der Waals surface area contributed by atoms with Gasteiger partial charge in [-0.05, 0) is 30.7 Å². The molecule has 1 aromatic heterocycles. The number of aryl methyl sites for hydroxylation is 1. The largest absolute Gasteiger partial charge is 0.467 e. The van der Waals surface area contributed by atoms with E-state index in [1.807, 2.05) is 31.2 Å². The van der Waals surface area contributed by atoms with E-state index in [2.05, 4.69) is 10.2 Å². The van der Waals surface area contributed by atoms with Crippen LogP contribution in [0.25, 0.3) is 0 Å². The molecule has 0 saturated carbocycles. The minimum Gasteiger partial charge on any atom is -0.467 e. The van der Waals surface area contributed by atoms with Crippen molar-refractivity contribution in [3.8, 4) is 0 Å². The van der Waals surface area contributed by atoms with Crippen LogP contribution in [0.3, 0.4) is 0 Å². The molecule has 1 aliphatic heterocycles. The van der Waals surface area contributed by atoms with Crippen molar-refractivity contribution in [3.63, 3.8) is 0 Å². The molecule has 0 spiro atoms. The van der Waals surface area contributed by atoms with Gasteiger partial charge in [0.15, 0.2) is 0 Å². The zero-order valence-electron chi connectivity index (χ0n) is 11.6. The van der Waals surface area contributed by atoms with Gasteiger partial charge in [0.1, 0.15) is 11.6 Å². The minimum absolute atomic E-state index is 0.146. The standard InChI is InChI=1S/C16H19FN2O/c1-12-4-5-13(14(17)11-12)16(15-3-2-10-20-15)19-8-6-18-7-9-19/h2-5,10-11,16,18H,6-9H2,1H3/t16-/m1/s1. The van der Waals surface area contributed by atoms with Crippen LogP contribution in [0.1, 0.15) is 22.9 Å². The third kappa shape index (κ3) is 2.62. The third-order valence-corrected chi connectivity index (χ3v) is 3.78. The Kier molecular flexibility index (Phi) is 3.85. The van der Waals surface area contributed by atoms with E-state index in [0.29, 0.717) is 5.56 Å². The summed E-state index contributed by atoms with van der Waals surface area (Å²) >= 11 is 0. The van der Waals surface area contributed by atoms with E-state index in [0.717, 1.165) is 37.5 Å². The van der Waals surface area contributed by atoms with Gasteiger partial charge in [-0.15, -0.1) is 0 Å². The van der Waals surface area contributed by atoms with Crippen molar-refractivity contribution in [1.82, 2.24) is 10.2 Å². The maximum absolute atomic E-state index is 14.4. The summed E-state index contributed by atoms with van der Waals surface area (Å²) in [4.78, 5) is 2.27. The van der Waals surface area contributed by atoms with Gasteiger partial charge in [-0.2, -0.15) is 0 Å². The van der Waals surface area contributed by atoms with Crippen LogP contribution < -0.4 is 5.32 Å². The van der Waals surface area contributed by atoms with Gasteiger partial charge in [-0.25, -0.2) is 4.39 Å². The summed E-state index contributed by atoms with van der Waals surface area (Å²) in [5, 5.41) is 3.32. The van der Waals surface area contributed by atoms with Crippen LogP contribution >= 0.6 is 0 Å². The molecule has 106 valence electrons. The molecule has 0 aliphatic carbocycles. The fraction of sp³-hybridized carbons (Fsp3) is 0.375. The van der Waals surface area contributed by atoms with Crippen LogP contribution in [0, 0.1) is 12.7 Å². The predicted octanol–water partition coefficient (Wildman–Crippen LogP) is 2.72. The second kappa shape index (κ2) is 5.77. The average Bonchev–Trinajstić information content (AvgIpc) is 2.97. The van der Waals surface area contributed by atoms with Gasteiger partial charge in [0.05, 0.1) is 12.3 Å². The highest BCUT2D eigenvalue weighted by Gasteiger charge is 2.28. The van der Waals surface area contributed by atoms with Crippen LogP contribution in [-0.4, -0.2) is 31.1 Å². The van der Waals surface area contributed by atoms with Crippen LogP contribution in [0.2, 0.25) is 0 Å². The summed E-state index contributed by atoms with van der Waals surface area (Å²) in [6.45, 7) is 5.52. The molecule has 1 N–H and O–H groups in total. The highest BCUT2D eigenvalue weighted by atomic mass is 19.1. The number of hydrogen-bond donors (Lipinski definition) is 1. The van der Waals surface area contributed by atoms with E-state index < -0.39 is 0 Å². The molecule has 2 heterocycles. The van der Waals surface area contributed by atoms with Crippen molar-refractivity contribution in [3.05, 3.63) is 59.3 Å². The third-order valence-electron chi connectivity index (χ3n) is 3.78. The molecular weight excluding hydrogens is 255 g/mol. The van der Waals surface area contributed by atoms with Crippen molar-refractivity contribution in [2.45, 2.75) is 13.0 Å². The number of furan rings is 1. The molecule has 3 rings (SSSR count). The fourth-order valence-corrected chi connectivity index (χ4v) is 2.77. The molecule has 0 bridgehead atoms. The molecule has 2 aromatic rings. The van der Waals surface area contributed by atoms with Gasteiger partial charge >= 0.3 is 0 Å².